The van der Waals surface area contributed by atoms with E-state index in [1.54, 1.807) is 0 Å². The second kappa shape index (κ2) is 6.71. The first-order valence-corrected chi connectivity index (χ1v) is 7.13. The van der Waals surface area contributed by atoms with Crippen molar-refractivity contribution in [1.29, 1.82) is 0 Å². The monoisotopic (exact) mass is 261 g/mol. The van der Waals surface area contributed by atoms with E-state index in [1.165, 1.54) is 5.56 Å². The van der Waals surface area contributed by atoms with Crippen LogP contribution >= 0.6 is 0 Å². The van der Waals surface area contributed by atoms with Gasteiger partial charge >= 0.3 is 0 Å². The predicted octanol–water partition coefficient (Wildman–Crippen LogP) is 3.07. The molecule has 3 nitrogen and oxygen atoms in total. The molecule has 0 bridgehead atoms. The molecule has 1 aromatic rings. The van der Waals surface area contributed by atoms with Crippen molar-refractivity contribution in [2.24, 2.45) is 5.92 Å². The van der Waals surface area contributed by atoms with Crippen LogP contribution in [0.25, 0.3) is 0 Å². The van der Waals surface area contributed by atoms with Gasteiger partial charge in [0.05, 0.1) is 6.04 Å². The van der Waals surface area contributed by atoms with Gasteiger partial charge in [-0.25, -0.2) is 0 Å². The smallest absolute Gasteiger partial charge is 0.249 e. The highest BCUT2D eigenvalue weighted by atomic mass is 16.5. The Morgan fingerprint density at radius 1 is 1.37 bits per heavy atom. The lowest BCUT2D eigenvalue weighted by Gasteiger charge is -2.22. The summed E-state index contributed by atoms with van der Waals surface area (Å²) in [5.41, 5.74) is 1.17. The molecule has 19 heavy (non-hydrogen) atoms. The summed E-state index contributed by atoms with van der Waals surface area (Å²) >= 11 is 0. The molecule has 1 fully saturated rings. The third-order valence-electron chi connectivity index (χ3n) is 3.45. The van der Waals surface area contributed by atoms with Crippen molar-refractivity contribution in [2.75, 3.05) is 6.61 Å². The van der Waals surface area contributed by atoms with Gasteiger partial charge in [0.2, 0.25) is 5.91 Å². The molecule has 0 aromatic heterocycles. The van der Waals surface area contributed by atoms with Crippen molar-refractivity contribution in [3.8, 4) is 0 Å². The zero-order valence-corrected chi connectivity index (χ0v) is 11.8. The molecule has 0 saturated carbocycles. The highest BCUT2D eigenvalue weighted by Gasteiger charge is 2.26. The third kappa shape index (κ3) is 4.06. The Morgan fingerprint density at radius 3 is 2.68 bits per heavy atom. The average molecular weight is 261 g/mol. The minimum Gasteiger partial charge on any atom is -0.368 e. The number of carbonyl (C=O) groups is 1. The van der Waals surface area contributed by atoms with Gasteiger partial charge in [0.15, 0.2) is 0 Å². The van der Waals surface area contributed by atoms with E-state index in [0.29, 0.717) is 12.5 Å². The fourth-order valence-electron chi connectivity index (χ4n) is 2.48. The fraction of sp³-hybridized carbons (Fsp3) is 0.562. The Balaban J connectivity index is 2.03. The highest BCUT2D eigenvalue weighted by Crippen LogP contribution is 2.22. The van der Waals surface area contributed by atoms with Crippen LogP contribution in [0.5, 0.6) is 0 Å². The Hall–Kier alpha value is -1.35. The minimum atomic E-state index is -0.252. The van der Waals surface area contributed by atoms with E-state index in [0.717, 1.165) is 19.3 Å². The first-order valence-electron chi connectivity index (χ1n) is 7.13. The van der Waals surface area contributed by atoms with Crippen LogP contribution in [0.4, 0.5) is 0 Å². The van der Waals surface area contributed by atoms with Crippen LogP contribution in [-0.2, 0) is 9.53 Å². The average Bonchev–Trinajstić information content (AvgIpc) is 2.92. The van der Waals surface area contributed by atoms with E-state index in [-0.39, 0.29) is 18.1 Å². The summed E-state index contributed by atoms with van der Waals surface area (Å²) in [5.74, 6) is 0.571. The van der Waals surface area contributed by atoms with Gasteiger partial charge in [-0.15, -0.1) is 0 Å². The topological polar surface area (TPSA) is 38.3 Å². The van der Waals surface area contributed by atoms with E-state index in [4.69, 9.17) is 4.74 Å². The van der Waals surface area contributed by atoms with Crippen LogP contribution in [0.2, 0.25) is 0 Å². The first kappa shape index (κ1) is 14.1. The van der Waals surface area contributed by atoms with Crippen LogP contribution in [0, 0.1) is 5.92 Å². The maximum absolute atomic E-state index is 12.2. The van der Waals surface area contributed by atoms with Gasteiger partial charge in [0.25, 0.3) is 0 Å². The summed E-state index contributed by atoms with van der Waals surface area (Å²) in [6.07, 6.45) is 2.52. The molecule has 2 rings (SSSR count). The van der Waals surface area contributed by atoms with Crippen LogP contribution in [0.3, 0.4) is 0 Å². The van der Waals surface area contributed by atoms with E-state index < -0.39 is 0 Å². The van der Waals surface area contributed by atoms with Gasteiger partial charge in [-0.3, -0.25) is 4.79 Å². The Morgan fingerprint density at radius 2 is 2.11 bits per heavy atom. The zero-order chi connectivity index (χ0) is 13.7. The predicted molar refractivity (Wildman–Crippen MR) is 75.8 cm³/mol. The molecular weight excluding hydrogens is 238 g/mol. The van der Waals surface area contributed by atoms with Gasteiger partial charge in [0.1, 0.15) is 6.10 Å². The molecule has 104 valence electrons. The number of ether oxygens (including phenoxy) is 1. The molecular formula is C16H23NO2. The van der Waals surface area contributed by atoms with Crippen molar-refractivity contribution in [3.05, 3.63) is 35.9 Å². The molecule has 1 aliphatic rings. The number of benzene rings is 1. The number of carbonyl (C=O) groups excluding carboxylic acids is 1. The maximum atomic E-state index is 12.2. The van der Waals surface area contributed by atoms with Crippen LogP contribution in [-0.4, -0.2) is 18.6 Å². The molecule has 1 saturated heterocycles. The Kier molecular flexibility index (Phi) is 4.97. The molecule has 2 unspecified atom stereocenters. The highest BCUT2D eigenvalue weighted by molar-refractivity contribution is 5.81. The lowest BCUT2D eigenvalue weighted by molar-refractivity contribution is -0.130. The van der Waals surface area contributed by atoms with Gasteiger partial charge in [-0.2, -0.15) is 0 Å². The largest absolute Gasteiger partial charge is 0.368 e. The molecule has 1 heterocycles. The molecule has 3 heteroatoms. The quantitative estimate of drug-likeness (QED) is 0.884. The number of nitrogens with one attached hydrogen (secondary N) is 1. The normalized spacial score (nSPS) is 20.5. The molecule has 2 atom stereocenters. The number of amides is 1. The SMILES string of the molecule is CC(C)CC(NC(=O)C1CCCO1)c1ccccc1. The van der Waals surface area contributed by atoms with E-state index >= 15 is 0 Å². The van der Waals surface area contributed by atoms with E-state index in [2.05, 4.69) is 31.3 Å². The summed E-state index contributed by atoms with van der Waals surface area (Å²) in [6, 6.07) is 10.3. The summed E-state index contributed by atoms with van der Waals surface area (Å²) in [7, 11) is 0. The first-order chi connectivity index (χ1) is 9.16. The van der Waals surface area contributed by atoms with Crippen LogP contribution in [0.15, 0.2) is 30.3 Å². The Bertz CT molecular complexity index is 396. The lowest BCUT2D eigenvalue weighted by Crippen LogP contribution is -2.37. The lowest BCUT2D eigenvalue weighted by atomic mass is 9.96. The minimum absolute atomic E-state index is 0.0343. The van der Waals surface area contributed by atoms with Gasteiger partial charge in [0, 0.05) is 6.61 Å². The number of rotatable bonds is 5. The van der Waals surface area contributed by atoms with Gasteiger partial charge in [-0.1, -0.05) is 44.2 Å². The fourth-order valence-corrected chi connectivity index (χ4v) is 2.48. The van der Waals surface area contributed by atoms with E-state index in [9.17, 15) is 4.79 Å². The van der Waals surface area contributed by atoms with Crippen molar-refractivity contribution >= 4 is 5.91 Å². The second-order valence-corrected chi connectivity index (χ2v) is 5.60. The van der Waals surface area contributed by atoms with Crippen molar-refractivity contribution < 1.29 is 9.53 Å². The molecule has 1 aliphatic heterocycles. The molecule has 1 N–H and O–H groups in total. The van der Waals surface area contributed by atoms with Gasteiger partial charge in [-0.05, 0) is 30.7 Å². The molecule has 1 aromatic carbocycles. The Labute approximate surface area is 115 Å². The van der Waals surface area contributed by atoms with Gasteiger partial charge < -0.3 is 10.1 Å². The van der Waals surface area contributed by atoms with E-state index in [1.807, 2.05) is 18.2 Å². The summed E-state index contributed by atoms with van der Waals surface area (Å²) in [4.78, 5) is 12.2. The third-order valence-corrected chi connectivity index (χ3v) is 3.45. The summed E-state index contributed by atoms with van der Waals surface area (Å²) < 4.78 is 5.44. The zero-order valence-electron chi connectivity index (χ0n) is 11.8. The second-order valence-electron chi connectivity index (χ2n) is 5.60. The molecule has 0 radical (unpaired) electrons. The molecule has 1 amide bonds. The standard InChI is InChI=1S/C16H23NO2/c1-12(2)11-14(13-7-4-3-5-8-13)17-16(18)15-9-6-10-19-15/h3-5,7-8,12,14-15H,6,9-11H2,1-2H3,(H,17,18). The van der Waals surface area contributed by atoms with Crippen molar-refractivity contribution in [2.45, 2.75) is 45.3 Å². The number of hydrogen-bond acceptors (Lipinski definition) is 2. The van der Waals surface area contributed by atoms with Crippen LogP contribution < -0.4 is 5.32 Å². The van der Waals surface area contributed by atoms with Crippen molar-refractivity contribution in [3.63, 3.8) is 0 Å². The molecule has 0 aliphatic carbocycles. The van der Waals surface area contributed by atoms with Crippen LogP contribution in [0.1, 0.15) is 44.7 Å². The maximum Gasteiger partial charge on any atom is 0.249 e. The summed E-state index contributed by atoms with van der Waals surface area (Å²) in [5, 5.41) is 3.14. The van der Waals surface area contributed by atoms with Crippen molar-refractivity contribution in [1.82, 2.24) is 5.32 Å². The molecule has 0 spiro atoms. The number of hydrogen-bond donors (Lipinski definition) is 1. The summed E-state index contributed by atoms with van der Waals surface area (Å²) in [6.45, 7) is 5.06.